The van der Waals surface area contributed by atoms with Crippen LogP contribution >= 0.6 is 0 Å². The number of nitrogens with zero attached hydrogens (tertiary/aromatic N) is 1. The summed E-state index contributed by atoms with van der Waals surface area (Å²) in [6.07, 6.45) is 0.684. The van der Waals surface area contributed by atoms with E-state index in [1.165, 1.54) is 0 Å². The van der Waals surface area contributed by atoms with Gasteiger partial charge in [0, 0.05) is 19.5 Å². The van der Waals surface area contributed by atoms with Gasteiger partial charge in [0.2, 0.25) is 0 Å². The molecule has 1 rings (SSSR count). The highest BCUT2D eigenvalue weighted by Crippen LogP contribution is 2.25. The minimum atomic E-state index is -2.45. The standard InChI is InChI=1S/C9H18F2N2/c1-2-12-5-7-13-6-3-4-9(10,11)8-13/h12H,2-8H2,1H3. The van der Waals surface area contributed by atoms with Crippen LogP contribution in [0.4, 0.5) is 8.78 Å². The molecule has 0 amide bonds. The number of hydrogen-bond acceptors (Lipinski definition) is 2. The van der Waals surface area contributed by atoms with Gasteiger partial charge in [-0.05, 0) is 19.5 Å². The maximum absolute atomic E-state index is 12.9. The van der Waals surface area contributed by atoms with E-state index in [0.717, 1.165) is 26.2 Å². The lowest BCUT2D eigenvalue weighted by Gasteiger charge is -2.32. The Morgan fingerprint density at radius 1 is 1.46 bits per heavy atom. The SMILES string of the molecule is CCNCCN1CCCC(F)(F)C1. The van der Waals surface area contributed by atoms with Crippen molar-refractivity contribution in [3.8, 4) is 0 Å². The fourth-order valence-corrected chi connectivity index (χ4v) is 1.65. The largest absolute Gasteiger partial charge is 0.316 e. The van der Waals surface area contributed by atoms with Gasteiger partial charge in [-0.15, -0.1) is 0 Å². The van der Waals surface area contributed by atoms with Crippen LogP contribution in [-0.2, 0) is 0 Å². The van der Waals surface area contributed by atoms with Crippen LogP contribution in [0.25, 0.3) is 0 Å². The Kier molecular flexibility index (Phi) is 4.06. The molecule has 1 saturated heterocycles. The van der Waals surface area contributed by atoms with Crippen LogP contribution in [-0.4, -0.2) is 43.5 Å². The Bertz CT molecular complexity index is 151. The first-order valence-electron chi connectivity index (χ1n) is 4.95. The normalized spacial score (nSPS) is 23.3. The number of hydrogen-bond donors (Lipinski definition) is 1. The van der Waals surface area contributed by atoms with E-state index in [1.807, 2.05) is 11.8 Å². The molecule has 0 aromatic heterocycles. The Hall–Kier alpha value is -0.220. The Morgan fingerprint density at radius 3 is 2.85 bits per heavy atom. The summed E-state index contributed by atoms with van der Waals surface area (Å²) in [6.45, 7) is 5.24. The van der Waals surface area contributed by atoms with E-state index >= 15 is 0 Å². The summed E-state index contributed by atoms with van der Waals surface area (Å²) >= 11 is 0. The summed E-state index contributed by atoms with van der Waals surface area (Å²) in [4.78, 5) is 1.84. The summed E-state index contributed by atoms with van der Waals surface area (Å²) in [5.74, 6) is -2.45. The van der Waals surface area contributed by atoms with Crippen molar-refractivity contribution in [3.05, 3.63) is 0 Å². The van der Waals surface area contributed by atoms with Gasteiger partial charge in [0.15, 0.2) is 0 Å². The molecule has 1 aliphatic rings. The minimum Gasteiger partial charge on any atom is -0.316 e. The fourth-order valence-electron chi connectivity index (χ4n) is 1.65. The first kappa shape index (κ1) is 10.9. The first-order chi connectivity index (χ1) is 6.14. The molecule has 1 N–H and O–H groups in total. The van der Waals surface area contributed by atoms with Crippen molar-refractivity contribution in [2.75, 3.05) is 32.7 Å². The molecule has 0 bridgehead atoms. The molecule has 1 aliphatic heterocycles. The van der Waals surface area contributed by atoms with E-state index in [0.29, 0.717) is 6.42 Å². The number of halogens is 2. The zero-order valence-corrected chi connectivity index (χ0v) is 8.15. The third-order valence-electron chi connectivity index (χ3n) is 2.33. The molecule has 0 radical (unpaired) electrons. The van der Waals surface area contributed by atoms with Crippen molar-refractivity contribution in [2.45, 2.75) is 25.7 Å². The molecule has 0 aromatic rings. The van der Waals surface area contributed by atoms with E-state index in [1.54, 1.807) is 0 Å². The van der Waals surface area contributed by atoms with Gasteiger partial charge in [0.05, 0.1) is 6.54 Å². The molecule has 0 atom stereocenters. The molecular weight excluding hydrogens is 174 g/mol. The lowest BCUT2D eigenvalue weighted by molar-refractivity contribution is -0.0633. The van der Waals surface area contributed by atoms with Crippen molar-refractivity contribution in [3.63, 3.8) is 0 Å². The molecule has 0 aliphatic carbocycles. The zero-order chi connectivity index (χ0) is 9.73. The molecule has 0 spiro atoms. The Labute approximate surface area is 78.3 Å². The number of likely N-dealkylation sites (tertiary alicyclic amines) is 1. The van der Waals surface area contributed by atoms with Gasteiger partial charge in [-0.25, -0.2) is 8.78 Å². The highest BCUT2D eigenvalue weighted by Gasteiger charge is 2.34. The second-order valence-corrected chi connectivity index (χ2v) is 3.59. The van der Waals surface area contributed by atoms with Gasteiger partial charge >= 0.3 is 0 Å². The number of rotatable bonds is 4. The molecular formula is C9H18F2N2. The zero-order valence-electron chi connectivity index (χ0n) is 8.15. The highest BCUT2D eigenvalue weighted by atomic mass is 19.3. The average Bonchev–Trinajstić information content (AvgIpc) is 2.03. The summed E-state index contributed by atoms with van der Waals surface area (Å²) in [6, 6.07) is 0. The average molecular weight is 192 g/mol. The molecule has 1 heterocycles. The summed E-state index contributed by atoms with van der Waals surface area (Å²) in [5.41, 5.74) is 0. The fraction of sp³-hybridized carbons (Fsp3) is 1.00. The van der Waals surface area contributed by atoms with Crippen LogP contribution in [0.5, 0.6) is 0 Å². The van der Waals surface area contributed by atoms with Gasteiger partial charge in [-0.3, -0.25) is 4.90 Å². The van der Waals surface area contributed by atoms with Crippen molar-refractivity contribution < 1.29 is 8.78 Å². The topological polar surface area (TPSA) is 15.3 Å². The van der Waals surface area contributed by atoms with Crippen molar-refractivity contribution >= 4 is 0 Å². The lowest BCUT2D eigenvalue weighted by atomic mass is 10.1. The number of piperidine rings is 1. The number of alkyl halides is 2. The van der Waals surface area contributed by atoms with Crippen molar-refractivity contribution in [1.29, 1.82) is 0 Å². The van der Waals surface area contributed by atoms with Gasteiger partial charge < -0.3 is 5.32 Å². The predicted molar refractivity (Wildman–Crippen MR) is 49.2 cm³/mol. The maximum atomic E-state index is 12.9. The van der Waals surface area contributed by atoms with Crippen molar-refractivity contribution in [2.24, 2.45) is 0 Å². The predicted octanol–water partition coefficient (Wildman–Crippen LogP) is 1.33. The molecule has 0 aromatic carbocycles. The molecule has 4 heteroatoms. The van der Waals surface area contributed by atoms with E-state index in [4.69, 9.17) is 0 Å². The monoisotopic (exact) mass is 192 g/mol. The third-order valence-corrected chi connectivity index (χ3v) is 2.33. The van der Waals surface area contributed by atoms with E-state index in [-0.39, 0.29) is 13.0 Å². The Balaban J connectivity index is 2.19. The second-order valence-electron chi connectivity index (χ2n) is 3.59. The van der Waals surface area contributed by atoms with Crippen LogP contribution in [0.2, 0.25) is 0 Å². The third kappa shape index (κ3) is 4.00. The van der Waals surface area contributed by atoms with E-state index < -0.39 is 5.92 Å². The minimum absolute atomic E-state index is 0.0571. The van der Waals surface area contributed by atoms with Crippen molar-refractivity contribution in [1.82, 2.24) is 10.2 Å². The molecule has 78 valence electrons. The maximum Gasteiger partial charge on any atom is 0.260 e. The van der Waals surface area contributed by atoms with Gasteiger partial charge in [0.25, 0.3) is 5.92 Å². The highest BCUT2D eigenvalue weighted by molar-refractivity contribution is 4.78. The van der Waals surface area contributed by atoms with Gasteiger partial charge in [-0.1, -0.05) is 6.92 Å². The molecule has 0 unspecified atom stereocenters. The first-order valence-corrected chi connectivity index (χ1v) is 4.95. The van der Waals surface area contributed by atoms with Crippen LogP contribution < -0.4 is 5.32 Å². The number of likely N-dealkylation sites (N-methyl/N-ethyl adjacent to an activating group) is 1. The molecule has 2 nitrogen and oxygen atoms in total. The smallest absolute Gasteiger partial charge is 0.260 e. The Morgan fingerprint density at radius 2 is 2.23 bits per heavy atom. The summed E-state index contributed by atoms with van der Waals surface area (Å²) in [7, 11) is 0. The van der Waals surface area contributed by atoms with Gasteiger partial charge in [0.1, 0.15) is 0 Å². The molecule has 1 fully saturated rings. The van der Waals surface area contributed by atoms with Gasteiger partial charge in [-0.2, -0.15) is 0 Å². The lowest BCUT2D eigenvalue weighted by Crippen LogP contribution is -2.45. The molecule has 13 heavy (non-hydrogen) atoms. The summed E-state index contributed by atoms with van der Waals surface area (Å²) in [5, 5.41) is 3.14. The van der Waals surface area contributed by atoms with Crippen LogP contribution in [0.15, 0.2) is 0 Å². The molecule has 0 saturated carbocycles. The van der Waals surface area contributed by atoms with E-state index in [9.17, 15) is 8.78 Å². The van der Waals surface area contributed by atoms with Crippen LogP contribution in [0, 0.1) is 0 Å². The quantitative estimate of drug-likeness (QED) is 0.676. The number of nitrogens with one attached hydrogen (secondary N) is 1. The van der Waals surface area contributed by atoms with Crippen LogP contribution in [0.3, 0.4) is 0 Å². The van der Waals surface area contributed by atoms with Crippen LogP contribution in [0.1, 0.15) is 19.8 Å². The second kappa shape index (κ2) is 4.86. The van der Waals surface area contributed by atoms with E-state index in [2.05, 4.69) is 5.32 Å². The summed E-state index contributed by atoms with van der Waals surface area (Å²) < 4.78 is 25.8.